The second-order valence-electron chi connectivity index (χ2n) is 3.10. The van der Waals surface area contributed by atoms with Gasteiger partial charge in [0.1, 0.15) is 5.75 Å². The fourth-order valence-corrected chi connectivity index (χ4v) is 2.88. The highest BCUT2D eigenvalue weighted by atomic mass is 32.2. The minimum Gasteiger partial charge on any atom is -0.492 e. The summed E-state index contributed by atoms with van der Waals surface area (Å²) in [4.78, 5) is 0. The van der Waals surface area contributed by atoms with Gasteiger partial charge in [0.25, 0.3) is 0 Å². The molecule has 2 aromatic rings. The summed E-state index contributed by atoms with van der Waals surface area (Å²) in [5.74, 6) is 0.971. The van der Waals surface area contributed by atoms with Gasteiger partial charge in [-0.3, -0.25) is 0 Å². The van der Waals surface area contributed by atoms with Crippen molar-refractivity contribution in [2.75, 3.05) is 6.61 Å². The first kappa shape index (κ1) is 9.87. The quantitative estimate of drug-likeness (QED) is 0.761. The third-order valence-electron chi connectivity index (χ3n) is 2.20. The van der Waals surface area contributed by atoms with Gasteiger partial charge < -0.3 is 4.74 Å². The van der Waals surface area contributed by atoms with Gasteiger partial charge in [0.15, 0.2) is 0 Å². The Morgan fingerprint density at radius 2 is 2.21 bits per heavy atom. The van der Waals surface area contributed by atoms with Crippen molar-refractivity contribution in [3.8, 4) is 5.75 Å². The van der Waals surface area contributed by atoms with Gasteiger partial charge in [-0.05, 0) is 25.5 Å². The van der Waals surface area contributed by atoms with Crippen LogP contribution in [0.15, 0.2) is 22.4 Å². The largest absolute Gasteiger partial charge is 0.492 e. The first-order valence-electron chi connectivity index (χ1n) is 4.58. The third kappa shape index (κ3) is 1.51. The molecule has 74 valence electrons. The highest BCUT2D eigenvalue weighted by Gasteiger charge is 2.09. The second kappa shape index (κ2) is 3.83. The van der Waals surface area contributed by atoms with Crippen molar-refractivity contribution in [1.29, 1.82) is 0 Å². The van der Waals surface area contributed by atoms with E-state index in [0.29, 0.717) is 6.61 Å². The molecular formula is C11H12OS2. The number of thiophene rings is 1. The maximum Gasteiger partial charge on any atom is 0.137 e. The lowest BCUT2D eigenvalue weighted by Crippen LogP contribution is -1.90. The maximum atomic E-state index is 5.56. The summed E-state index contributed by atoms with van der Waals surface area (Å²) >= 11 is 6.12. The van der Waals surface area contributed by atoms with Crippen LogP contribution in [0.2, 0.25) is 0 Å². The van der Waals surface area contributed by atoms with Gasteiger partial charge in [-0.15, -0.1) is 24.0 Å². The van der Waals surface area contributed by atoms with Crippen LogP contribution in [0.3, 0.4) is 0 Å². The Labute approximate surface area is 93.1 Å². The molecule has 1 aromatic heterocycles. The average Bonchev–Trinajstić information content (AvgIpc) is 2.46. The first-order chi connectivity index (χ1) is 6.74. The minimum absolute atomic E-state index is 0.706. The van der Waals surface area contributed by atoms with Crippen molar-refractivity contribution in [2.45, 2.75) is 18.1 Å². The van der Waals surface area contributed by atoms with Crippen molar-refractivity contribution < 1.29 is 4.74 Å². The number of fused-ring (bicyclic) bond motifs is 1. The number of thiol groups is 1. The van der Waals surface area contributed by atoms with Crippen LogP contribution in [0, 0.1) is 6.92 Å². The zero-order valence-corrected chi connectivity index (χ0v) is 9.91. The molecule has 0 aliphatic heterocycles. The average molecular weight is 224 g/mol. The van der Waals surface area contributed by atoms with Crippen LogP contribution in [0.25, 0.3) is 10.1 Å². The van der Waals surface area contributed by atoms with Gasteiger partial charge in [0.2, 0.25) is 0 Å². The smallest absolute Gasteiger partial charge is 0.137 e. The summed E-state index contributed by atoms with van der Waals surface area (Å²) in [5.41, 5.74) is 1.25. The van der Waals surface area contributed by atoms with E-state index in [2.05, 4.69) is 25.6 Å². The molecule has 2 rings (SSSR count). The van der Waals surface area contributed by atoms with Crippen LogP contribution in [0.1, 0.15) is 12.5 Å². The molecule has 0 atom stereocenters. The van der Waals surface area contributed by atoms with E-state index in [4.69, 9.17) is 4.74 Å². The molecule has 0 radical (unpaired) electrons. The lowest BCUT2D eigenvalue weighted by molar-refractivity contribution is 0.345. The van der Waals surface area contributed by atoms with Gasteiger partial charge in [-0.2, -0.15) is 0 Å². The molecule has 0 aliphatic rings. The summed E-state index contributed by atoms with van der Waals surface area (Å²) in [6, 6.07) is 6.15. The Morgan fingerprint density at radius 1 is 1.43 bits per heavy atom. The van der Waals surface area contributed by atoms with E-state index in [9.17, 15) is 0 Å². The molecule has 1 heterocycles. The third-order valence-corrected chi connectivity index (χ3v) is 3.94. The highest BCUT2D eigenvalue weighted by molar-refractivity contribution is 7.83. The SMILES string of the molecule is CCOc1cccc2c(C)c(S)sc12. The van der Waals surface area contributed by atoms with Crippen molar-refractivity contribution in [1.82, 2.24) is 0 Å². The van der Waals surface area contributed by atoms with E-state index in [-0.39, 0.29) is 0 Å². The van der Waals surface area contributed by atoms with E-state index in [1.54, 1.807) is 11.3 Å². The molecule has 0 bridgehead atoms. The summed E-state index contributed by atoms with van der Waals surface area (Å²) < 4.78 is 7.85. The maximum absolute atomic E-state index is 5.56. The Bertz CT molecular complexity index is 460. The van der Waals surface area contributed by atoms with E-state index in [0.717, 1.165) is 9.96 Å². The predicted octanol–water partition coefficient (Wildman–Crippen LogP) is 3.90. The van der Waals surface area contributed by atoms with Crippen LogP contribution >= 0.6 is 24.0 Å². The Balaban J connectivity index is 2.68. The fourth-order valence-electron chi connectivity index (χ4n) is 1.47. The van der Waals surface area contributed by atoms with E-state index in [1.165, 1.54) is 15.6 Å². The normalized spacial score (nSPS) is 10.8. The zero-order valence-electron chi connectivity index (χ0n) is 8.20. The molecule has 1 aromatic carbocycles. The molecule has 0 saturated heterocycles. The number of hydrogen-bond acceptors (Lipinski definition) is 3. The van der Waals surface area contributed by atoms with Crippen LogP contribution in [-0.4, -0.2) is 6.61 Å². The highest BCUT2D eigenvalue weighted by Crippen LogP contribution is 2.38. The molecule has 0 saturated carbocycles. The molecule has 0 amide bonds. The van der Waals surface area contributed by atoms with Gasteiger partial charge in [-0.25, -0.2) is 0 Å². The number of rotatable bonds is 2. The molecule has 0 spiro atoms. The van der Waals surface area contributed by atoms with Gasteiger partial charge in [0, 0.05) is 5.39 Å². The number of aryl methyl sites for hydroxylation is 1. The van der Waals surface area contributed by atoms with Gasteiger partial charge >= 0.3 is 0 Å². The topological polar surface area (TPSA) is 9.23 Å². The Kier molecular flexibility index (Phi) is 2.70. The summed E-state index contributed by atoms with van der Waals surface area (Å²) in [6.07, 6.45) is 0. The van der Waals surface area contributed by atoms with Gasteiger partial charge in [-0.1, -0.05) is 12.1 Å². The van der Waals surface area contributed by atoms with Crippen LogP contribution < -0.4 is 4.74 Å². The standard InChI is InChI=1S/C11H12OS2/c1-3-12-9-6-4-5-8-7(2)11(13)14-10(8)9/h4-6,13H,3H2,1-2H3. The molecule has 0 aliphatic carbocycles. The molecule has 0 fully saturated rings. The van der Waals surface area contributed by atoms with Crippen molar-refractivity contribution in [3.05, 3.63) is 23.8 Å². The lowest BCUT2D eigenvalue weighted by atomic mass is 10.2. The summed E-state index contributed by atoms with van der Waals surface area (Å²) in [7, 11) is 0. The number of benzene rings is 1. The predicted molar refractivity (Wildman–Crippen MR) is 65.0 cm³/mol. The van der Waals surface area contributed by atoms with Crippen LogP contribution in [0.4, 0.5) is 0 Å². The first-order valence-corrected chi connectivity index (χ1v) is 5.84. The number of hydrogen-bond donors (Lipinski definition) is 1. The zero-order chi connectivity index (χ0) is 10.1. The number of ether oxygens (including phenoxy) is 1. The molecular weight excluding hydrogens is 212 g/mol. The molecule has 1 nitrogen and oxygen atoms in total. The molecule has 14 heavy (non-hydrogen) atoms. The van der Waals surface area contributed by atoms with E-state index < -0.39 is 0 Å². The minimum atomic E-state index is 0.706. The molecule has 0 unspecified atom stereocenters. The fraction of sp³-hybridized carbons (Fsp3) is 0.273. The lowest BCUT2D eigenvalue weighted by Gasteiger charge is -2.03. The molecule has 3 heteroatoms. The molecule has 0 N–H and O–H groups in total. The summed E-state index contributed by atoms with van der Waals surface area (Å²) in [6.45, 7) is 4.80. The van der Waals surface area contributed by atoms with E-state index in [1.807, 2.05) is 19.1 Å². The van der Waals surface area contributed by atoms with Gasteiger partial charge in [0.05, 0.1) is 15.5 Å². The van der Waals surface area contributed by atoms with Crippen molar-refractivity contribution in [3.63, 3.8) is 0 Å². The van der Waals surface area contributed by atoms with Crippen molar-refractivity contribution in [2.24, 2.45) is 0 Å². The Hall–Kier alpha value is -0.670. The van der Waals surface area contributed by atoms with E-state index >= 15 is 0 Å². The Morgan fingerprint density at radius 3 is 2.93 bits per heavy atom. The van der Waals surface area contributed by atoms with Crippen LogP contribution in [0.5, 0.6) is 5.75 Å². The second-order valence-corrected chi connectivity index (χ2v) is 4.87. The summed E-state index contributed by atoms with van der Waals surface area (Å²) in [5, 5.41) is 1.26. The van der Waals surface area contributed by atoms with Crippen molar-refractivity contribution >= 4 is 34.1 Å². The van der Waals surface area contributed by atoms with Crippen LogP contribution in [-0.2, 0) is 0 Å². The monoisotopic (exact) mass is 224 g/mol.